The van der Waals surface area contributed by atoms with Crippen molar-refractivity contribution >= 4 is 23.3 Å². The molecule has 0 spiro atoms. The van der Waals surface area contributed by atoms with Gasteiger partial charge in [-0.3, -0.25) is 9.89 Å². The minimum atomic E-state index is -0.954. The average molecular weight is 484 g/mol. The van der Waals surface area contributed by atoms with Crippen molar-refractivity contribution in [3.8, 4) is 16.9 Å². The molecular formula is C25H30ClN5O3. The lowest BCUT2D eigenvalue weighted by atomic mass is 9.87. The first-order chi connectivity index (χ1) is 16.3. The molecule has 2 heterocycles. The van der Waals surface area contributed by atoms with Crippen LogP contribution in [0, 0.1) is 5.92 Å². The van der Waals surface area contributed by atoms with Gasteiger partial charge in [-0.25, -0.2) is 9.97 Å². The zero-order chi connectivity index (χ0) is 24.1. The minimum absolute atomic E-state index is 0.0954. The van der Waals surface area contributed by atoms with E-state index < -0.39 is 11.5 Å². The number of carbonyl (C=O) groups is 1. The van der Waals surface area contributed by atoms with Crippen LogP contribution in [0.3, 0.4) is 0 Å². The molecule has 2 aromatic heterocycles. The molecule has 1 aliphatic rings. The minimum Gasteiger partial charge on any atom is -0.491 e. The molecule has 0 atom stereocenters. The van der Waals surface area contributed by atoms with Crippen LogP contribution in [0.15, 0.2) is 36.5 Å². The highest BCUT2D eigenvalue weighted by molar-refractivity contribution is 6.33. The number of aromatic amines is 1. The molecule has 1 fully saturated rings. The SMILES string of the molecule is CC(C)(O)COc1ccc(Cl)c(-c2ccnc(NC(=O)c3n[nH]c(CC4CCCCC4)n3)c2)c1. The molecule has 0 aliphatic heterocycles. The van der Waals surface area contributed by atoms with E-state index in [0.29, 0.717) is 22.5 Å². The van der Waals surface area contributed by atoms with Gasteiger partial charge < -0.3 is 15.2 Å². The lowest BCUT2D eigenvalue weighted by Crippen LogP contribution is -2.27. The smallest absolute Gasteiger partial charge is 0.296 e. The lowest BCUT2D eigenvalue weighted by Gasteiger charge is -2.19. The maximum atomic E-state index is 12.7. The molecule has 34 heavy (non-hydrogen) atoms. The fraction of sp³-hybridized carbons (Fsp3) is 0.440. The van der Waals surface area contributed by atoms with E-state index >= 15 is 0 Å². The summed E-state index contributed by atoms with van der Waals surface area (Å²) in [4.78, 5) is 21.3. The van der Waals surface area contributed by atoms with Crippen molar-refractivity contribution in [2.24, 2.45) is 5.92 Å². The van der Waals surface area contributed by atoms with Crippen molar-refractivity contribution in [3.63, 3.8) is 0 Å². The number of ether oxygens (including phenoxy) is 1. The number of anilines is 1. The van der Waals surface area contributed by atoms with Gasteiger partial charge in [0.05, 0.1) is 5.60 Å². The normalized spacial score (nSPS) is 14.7. The summed E-state index contributed by atoms with van der Waals surface area (Å²) in [7, 11) is 0. The quantitative estimate of drug-likeness (QED) is 0.413. The number of H-pyrrole nitrogens is 1. The summed E-state index contributed by atoms with van der Waals surface area (Å²) in [6.45, 7) is 3.49. The molecule has 3 aromatic rings. The number of aromatic nitrogens is 4. The van der Waals surface area contributed by atoms with Gasteiger partial charge in [-0.05, 0) is 55.7 Å². The van der Waals surface area contributed by atoms with E-state index in [2.05, 4.69) is 25.5 Å². The topological polar surface area (TPSA) is 113 Å². The molecule has 3 N–H and O–H groups in total. The van der Waals surface area contributed by atoms with E-state index in [9.17, 15) is 9.90 Å². The predicted molar refractivity (Wildman–Crippen MR) is 131 cm³/mol. The average Bonchev–Trinajstić information content (AvgIpc) is 3.27. The third-order valence-corrected chi connectivity index (χ3v) is 6.11. The third-order valence-electron chi connectivity index (χ3n) is 5.78. The van der Waals surface area contributed by atoms with Crippen molar-refractivity contribution in [2.45, 2.75) is 58.0 Å². The molecule has 9 heteroatoms. The molecule has 1 aliphatic carbocycles. The van der Waals surface area contributed by atoms with Gasteiger partial charge in [-0.2, -0.15) is 0 Å². The van der Waals surface area contributed by atoms with Crippen LogP contribution in [-0.4, -0.2) is 43.4 Å². The summed E-state index contributed by atoms with van der Waals surface area (Å²) in [5.41, 5.74) is 0.530. The van der Waals surface area contributed by atoms with Crippen LogP contribution in [0.2, 0.25) is 5.02 Å². The Kier molecular flexibility index (Phi) is 7.48. The number of nitrogens with one attached hydrogen (secondary N) is 2. The predicted octanol–water partition coefficient (Wildman–Crippen LogP) is 5.04. The molecule has 0 saturated heterocycles. The Morgan fingerprint density at radius 2 is 2.03 bits per heavy atom. The van der Waals surface area contributed by atoms with Crippen LogP contribution in [0.1, 0.15) is 62.4 Å². The summed E-state index contributed by atoms with van der Waals surface area (Å²) < 4.78 is 5.68. The van der Waals surface area contributed by atoms with Gasteiger partial charge in [-0.15, -0.1) is 5.10 Å². The van der Waals surface area contributed by atoms with Crippen LogP contribution in [0.5, 0.6) is 5.75 Å². The van der Waals surface area contributed by atoms with Gasteiger partial charge in [0.2, 0.25) is 5.82 Å². The first-order valence-electron chi connectivity index (χ1n) is 11.6. The Hall–Kier alpha value is -2.97. The van der Waals surface area contributed by atoms with E-state index in [4.69, 9.17) is 16.3 Å². The number of nitrogens with zero attached hydrogens (tertiary/aromatic N) is 3. The molecule has 0 bridgehead atoms. The second kappa shape index (κ2) is 10.5. The summed E-state index contributed by atoms with van der Waals surface area (Å²) in [5, 5.41) is 20.2. The maximum absolute atomic E-state index is 12.7. The van der Waals surface area contributed by atoms with Gasteiger partial charge in [-0.1, -0.05) is 43.7 Å². The van der Waals surface area contributed by atoms with E-state index in [1.165, 1.54) is 32.1 Å². The lowest BCUT2D eigenvalue weighted by molar-refractivity contribution is 0.0285. The van der Waals surface area contributed by atoms with E-state index in [1.807, 2.05) is 0 Å². The molecule has 180 valence electrons. The number of benzene rings is 1. The molecule has 4 rings (SSSR count). The number of pyridine rings is 1. The van der Waals surface area contributed by atoms with E-state index in [0.717, 1.165) is 23.4 Å². The number of rotatable bonds is 8. The van der Waals surface area contributed by atoms with Crippen LogP contribution in [-0.2, 0) is 6.42 Å². The first-order valence-corrected chi connectivity index (χ1v) is 12.0. The number of hydrogen-bond acceptors (Lipinski definition) is 6. The number of hydrogen-bond donors (Lipinski definition) is 3. The molecule has 0 radical (unpaired) electrons. The molecule has 1 saturated carbocycles. The Bertz CT molecular complexity index is 1140. The number of carbonyl (C=O) groups excluding carboxylic acids is 1. The number of halogens is 1. The summed E-state index contributed by atoms with van der Waals surface area (Å²) in [6, 6.07) is 8.80. The molecule has 0 unspecified atom stereocenters. The second-order valence-electron chi connectivity index (χ2n) is 9.44. The zero-order valence-electron chi connectivity index (χ0n) is 19.5. The van der Waals surface area contributed by atoms with Crippen molar-refractivity contribution in [1.29, 1.82) is 0 Å². The van der Waals surface area contributed by atoms with Gasteiger partial charge in [0, 0.05) is 23.2 Å². The van der Waals surface area contributed by atoms with Gasteiger partial charge >= 0.3 is 0 Å². The fourth-order valence-corrected chi connectivity index (χ4v) is 4.29. The van der Waals surface area contributed by atoms with E-state index in [-0.39, 0.29) is 12.4 Å². The Morgan fingerprint density at radius 1 is 1.24 bits per heavy atom. The first kappa shape index (κ1) is 24.2. The largest absolute Gasteiger partial charge is 0.491 e. The Labute approximate surface area is 204 Å². The van der Waals surface area contributed by atoms with Gasteiger partial charge in [0.15, 0.2) is 0 Å². The van der Waals surface area contributed by atoms with Gasteiger partial charge in [0.25, 0.3) is 5.91 Å². The molecule has 1 amide bonds. The standard InChI is InChI=1S/C25H30ClN5O3/c1-25(2,33)15-34-18-8-9-20(26)19(14-18)17-10-11-27-21(13-17)29-24(32)23-28-22(30-31-23)12-16-6-4-3-5-7-16/h8-11,13-14,16,33H,3-7,12,15H2,1-2H3,(H,27,29,32)(H,28,30,31). The van der Waals surface area contributed by atoms with Crippen molar-refractivity contribution in [1.82, 2.24) is 20.2 Å². The van der Waals surface area contributed by atoms with Gasteiger partial charge in [0.1, 0.15) is 24.0 Å². The maximum Gasteiger partial charge on any atom is 0.296 e. The van der Waals surface area contributed by atoms with Crippen molar-refractivity contribution < 1.29 is 14.6 Å². The molecule has 1 aromatic carbocycles. The zero-order valence-corrected chi connectivity index (χ0v) is 20.2. The molecular weight excluding hydrogens is 454 g/mol. The van der Waals surface area contributed by atoms with E-state index in [1.54, 1.807) is 50.4 Å². The van der Waals surface area contributed by atoms with Crippen molar-refractivity contribution in [3.05, 3.63) is 53.2 Å². The number of amides is 1. The monoisotopic (exact) mass is 483 g/mol. The highest BCUT2D eigenvalue weighted by Crippen LogP contribution is 2.32. The highest BCUT2D eigenvalue weighted by Gasteiger charge is 2.19. The fourth-order valence-electron chi connectivity index (χ4n) is 4.07. The Balaban J connectivity index is 1.44. The van der Waals surface area contributed by atoms with Crippen LogP contribution >= 0.6 is 11.6 Å². The second-order valence-corrected chi connectivity index (χ2v) is 9.85. The Morgan fingerprint density at radius 3 is 2.79 bits per heavy atom. The van der Waals surface area contributed by atoms with Crippen LogP contribution < -0.4 is 10.1 Å². The summed E-state index contributed by atoms with van der Waals surface area (Å²) >= 11 is 6.42. The molecule has 8 nitrogen and oxygen atoms in total. The van der Waals surface area contributed by atoms with Crippen LogP contribution in [0.4, 0.5) is 5.82 Å². The summed E-state index contributed by atoms with van der Waals surface area (Å²) in [6.07, 6.45) is 8.63. The third kappa shape index (κ3) is 6.55. The summed E-state index contributed by atoms with van der Waals surface area (Å²) in [5.74, 6) is 1.95. The number of aliphatic hydroxyl groups is 1. The highest BCUT2D eigenvalue weighted by atomic mass is 35.5. The van der Waals surface area contributed by atoms with Crippen LogP contribution in [0.25, 0.3) is 11.1 Å². The van der Waals surface area contributed by atoms with Crippen molar-refractivity contribution in [2.75, 3.05) is 11.9 Å².